The van der Waals surface area contributed by atoms with Crippen LogP contribution in [0.4, 0.5) is 0 Å². The Labute approximate surface area is 185 Å². The average molecular weight is 420 g/mol. The van der Waals surface area contributed by atoms with Gasteiger partial charge in [-0.3, -0.25) is 4.79 Å². The van der Waals surface area contributed by atoms with Crippen molar-refractivity contribution in [3.8, 4) is 5.75 Å². The first-order valence-electron chi connectivity index (χ1n) is 11.6. The fourth-order valence-corrected chi connectivity index (χ4v) is 4.42. The number of carbonyl (C=O) groups is 1. The number of hydrogen-bond acceptors (Lipinski definition) is 3. The Bertz CT molecular complexity index is 1030. The molecule has 1 unspecified atom stereocenters. The van der Waals surface area contributed by atoms with Crippen LogP contribution in [0.2, 0.25) is 0 Å². The summed E-state index contributed by atoms with van der Waals surface area (Å²) in [7, 11) is 0. The van der Waals surface area contributed by atoms with Gasteiger partial charge in [-0.1, -0.05) is 37.6 Å². The van der Waals surface area contributed by atoms with Gasteiger partial charge in [0, 0.05) is 32.0 Å². The predicted molar refractivity (Wildman–Crippen MR) is 124 cm³/mol. The van der Waals surface area contributed by atoms with Gasteiger partial charge in [0.1, 0.15) is 11.6 Å². The van der Waals surface area contributed by atoms with Crippen molar-refractivity contribution in [2.24, 2.45) is 0 Å². The van der Waals surface area contributed by atoms with Crippen molar-refractivity contribution in [2.75, 3.05) is 19.7 Å². The molecule has 2 heterocycles. The van der Waals surface area contributed by atoms with Crippen LogP contribution >= 0.6 is 0 Å². The summed E-state index contributed by atoms with van der Waals surface area (Å²) >= 11 is 0. The lowest BCUT2D eigenvalue weighted by molar-refractivity contribution is -0.127. The van der Waals surface area contributed by atoms with Crippen molar-refractivity contribution < 1.29 is 9.53 Å². The summed E-state index contributed by atoms with van der Waals surface area (Å²) in [5, 5.41) is 0. The van der Waals surface area contributed by atoms with Gasteiger partial charge in [-0.05, 0) is 56.0 Å². The normalized spacial score (nSPS) is 16.4. The lowest BCUT2D eigenvalue weighted by Crippen LogP contribution is -2.26. The fraction of sp³-hybridized carbons (Fsp3) is 0.462. The monoisotopic (exact) mass is 419 g/mol. The number of unbranched alkanes of at least 4 members (excludes halogenated alkanes) is 2. The van der Waals surface area contributed by atoms with Gasteiger partial charge in [-0.2, -0.15) is 0 Å². The molecule has 0 aliphatic carbocycles. The molecule has 1 saturated heterocycles. The van der Waals surface area contributed by atoms with Crippen LogP contribution in [0.3, 0.4) is 0 Å². The highest BCUT2D eigenvalue weighted by Crippen LogP contribution is 2.31. The lowest BCUT2D eigenvalue weighted by Gasteiger charge is -2.17. The summed E-state index contributed by atoms with van der Waals surface area (Å²) < 4.78 is 8.25. The molecular formula is C26H33N3O2. The third kappa shape index (κ3) is 5.09. The molecule has 1 aromatic heterocycles. The Hall–Kier alpha value is -2.82. The molecule has 5 nitrogen and oxygen atoms in total. The third-order valence-corrected chi connectivity index (χ3v) is 6.08. The van der Waals surface area contributed by atoms with Crippen LogP contribution in [0.15, 0.2) is 48.5 Å². The molecule has 1 aliphatic rings. The van der Waals surface area contributed by atoms with Gasteiger partial charge in [-0.25, -0.2) is 4.98 Å². The Morgan fingerprint density at radius 1 is 1.06 bits per heavy atom. The number of nitrogens with zero attached hydrogens (tertiary/aromatic N) is 3. The molecular weight excluding hydrogens is 386 g/mol. The molecule has 0 bridgehead atoms. The quantitative estimate of drug-likeness (QED) is 0.418. The maximum atomic E-state index is 12.5. The molecule has 0 N–H and O–H groups in total. The van der Waals surface area contributed by atoms with E-state index in [9.17, 15) is 4.79 Å². The average Bonchev–Trinajstić information content (AvgIpc) is 3.32. The summed E-state index contributed by atoms with van der Waals surface area (Å²) in [4.78, 5) is 19.5. The van der Waals surface area contributed by atoms with Gasteiger partial charge in [0.25, 0.3) is 0 Å². The zero-order valence-electron chi connectivity index (χ0n) is 18.7. The number of carbonyl (C=O) groups excluding carboxylic acids is 1. The number of hydrogen-bond donors (Lipinski definition) is 0. The van der Waals surface area contributed by atoms with Crippen molar-refractivity contribution in [3.05, 3.63) is 59.9 Å². The molecule has 1 amide bonds. The molecule has 2 aromatic carbocycles. The lowest BCUT2D eigenvalue weighted by atomic mass is 10.1. The molecule has 0 spiro atoms. The summed E-state index contributed by atoms with van der Waals surface area (Å²) in [5.74, 6) is 2.45. The van der Waals surface area contributed by atoms with E-state index in [4.69, 9.17) is 9.72 Å². The van der Waals surface area contributed by atoms with Gasteiger partial charge in [0.2, 0.25) is 5.91 Å². The minimum Gasteiger partial charge on any atom is -0.494 e. The smallest absolute Gasteiger partial charge is 0.223 e. The van der Waals surface area contributed by atoms with Crippen LogP contribution in [0.25, 0.3) is 11.0 Å². The van der Waals surface area contributed by atoms with Gasteiger partial charge in [0.15, 0.2) is 0 Å². The van der Waals surface area contributed by atoms with Crippen LogP contribution in [0, 0.1) is 6.92 Å². The highest BCUT2D eigenvalue weighted by atomic mass is 16.5. The molecule has 31 heavy (non-hydrogen) atoms. The molecule has 5 heteroatoms. The number of likely N-dealkylation sites (tertiary alicyclic amines) is 1. The van der Waals surface area contributed by atoms with Crippen LogP contribution in [-0.4, -0.2) is 40.1 Å². The summed E-state index contributed by atoms with van der Waals surface area (Å²) in [6.45, 7) is 7.50. The van der Waals surface area contributed by atoms with Crippen LogP contribution in [0.1, 0.15) is 56.3 Å². The fourth-order valence-electron chi connectivity index (χ4n) is 4.42. The summed E-state index contributed by atoms with van der Waals surface area (Å²) in [6, 6.07) is 16.5. The van der Waals surface area contributed by atoms with E-state index in [0.29, 0.717) is 13.0 Å². The number of para-hydroxylation sites is 2. The Kier molecular flexibility index (Phi) is 6.90. The molecule has 0 saturated carbocycles. The summed E-state index contributed by atoms with van der Waals surface area (Å²) in [6.07, 6.45) is 4.74. The van der Waals surface area contributed by atoms with Crippen molar-refractivity contribution in [3.63, 3.8) is 0 Å². The Morgan fingerprint density at radius 2 is 1.94 bits per heavy atom. The van der Waals surface area contributed by atoms with Gasteiger partial charge >= 0.3 is 0 Å². The standard InChI is InChI=1S/C26H33N3O2/c1-3-4-14-28-19-21(18-25(28)30)26-27-23-12-5-6-13-24(23)29(26)15-7-8-16-31-22-11-9-10-20(2)17-22/h5-6,9-13,17,21H,3-4,7-8,14-16,18-19H2,1-2H3. The minimum absolute atomic E-state index is 0.181. The largest absolute Gasteiger partial charge is 0.494 e. The first kappa shape index (κ1) is 21.4. The number of rotatable bonds is 10. The van der Waals surface area contributed by atoms with Gasteiger partial charge in [-0.15, -0.1) is 0 Å². The predicted octanol–water partition coefficient (Wildman–Crippen LogP) is 5.32. The second-order valence-corrected chi connectivity index (χ2v) is 8.58. The zero-order chi connectivity index (χ0) is 21.6. The van der Waals surface area contributed by atoms with E-state index in [2.05, 4.69) is 48.7 Å². The topological polar surface area (TPSA) is 47.4 Å². The number of imidazole rings is 1. The molecule has 1 atom stereocenters. The number of amides is 1. The number of aromatic nitrogens is 2. The van der Waals surface area contributed by atoms with Gasteiger partial charge in [0.05, 0.1) is 17.6 Å². The van der Waals surface area contributed by atoms with Crippen LogP contribution in [0.5, 0.6) is 5.75 Å². The molecule has 3 aromatic rings. The molecule has 4 rings (SSSR count). The maximum Gasteiger partial charge on any atom is 0.223 e. The van der Waals surface area contributed by atoms with Crippen molar-refractivity contribution in [1.82, 2.24) is 14.5 Å². The second kappa shape index (κ2) is 9.99. The molecule has 1 fully saturated rings. The van der Waals surface area contributed by atoms with Crippen LogP contribution < -0.4 is 4.74 Å². The zero-order valence-corrected chi connectivity index (χ0v) is 18.7. The van der Waals surface area contributed by atoms with Gasteiger partial charge < -0.3 is 14.2 Å². The van der Waals surface area contributed by atoms with E-state index in [-0.39, 0.29) is 11.8 Å². The molecule has 164 valence electrons. The van der Waals surface area contributed by atoms with Crippen molar-refractivity contribution >= 4 is 16.9 Å². The second-order valence-electron chi connectivity index (χ2n) is 8.58. The summed E-state index contributed by atoms with van der Waals surface area (Å²) in [5.41, 5.74) is 3.40. The number of fused-ring (bicyclic) bond motifs is 1. The van der Waals surface area contributed by atoms with E-state index >= 15 is 0 Å². The first-order chi connectivity index (χ1) is 15.2. The number of benzene rings is 2. The Morgan fingerprint density at radius 3 is 2.77 bits per heavy atom. The maximum absolute atomic E-state index is 12.5. The minimum atomic E-state index is 0.181. The van der Waals surface area contributed by atoms with Crippen molar-refractivity contribution in [1.29, 1.82) is 0 Å². The number of ether oxygens (including phenoxy) is 1. The highest BCUT2D eigenvalue weighted by molar-refractivity contribution is 5.80. The Balaban J connectivity index is 1.41. The van der Waals surface area contributed by atoms with Crippen LogP contribution in [-0.2, 0) is 11.3 Å². The molecule has 0 radical (unpaired) electrons. The number of aryl methyl sites for hydroxylation is 2. The van der Waals surface area contributed by atoms with E-state index in [0.717, 1.165) is 67.9 Å². The SMILES string of the molecule is CCCCN1CC(c2nc3ccccc3n2CCCCOc2cccc(C)c2)CC1=O. The molecule has 1 aliphatic heterocycles. The van der Waals surface area contributed by atoms with E-state index < -0.39 is 0 Å². The van der Waals surface area contributed by atoms with Crippen molar-refractivity contribution in [2.45, 2.75) is 58.4 Å². The highest BCUT2D eigenvalue weighted by Gasteiger charge is 2.33. The first-order valence-corrected chi connectivity index (χ1v) is 11.6. The van der Waals surface area contributed by atoms with E-state index in [1.165, 1.54) is 5.56 Å². The third-order valence-electron chi connectivity index (χ3n) is 6.08. The van der Waals surface area contributed by atoms with E-state index in [1.54, 1.807) is 0 Å². The van der Waals surface area contributed by atoms with E-state index in [1.807, 2.05) is 23.1 Å².